The molecular weight excluding hydrogens is 1250 g/mol. The lowest BCUT2D eigenvalue weighted by molar-refractivity contribution is 0.401. The van der Waals surface area contributed by atoms with E-state index in [0.717, 1.165) is 68.8 Å². The van der Waals surface area contributed by atoms with E-state index in [2.05, 4.69) is 342 Å². The van der Waals surface area contributed by atoms with Crippen molar-refractivity contribution in [1.29, 1.82) is 0 Å². The monoisotopic (exact) mass is 1330 g/mol. The second-order valence-corrected chi connectivity index (χ2v) is 28.4. The van der Waals surface area contributed by atoms with Crippen LogP contribution in [0, 0.1) is 6.92 Å². The Morgan fingerprint density at radius 1 is 0.243 bits per heavy atom. The van der Waals surface area contributed by atoms with Crippen LogP contribution in [0.15, 0.2) is 322 Å². The Labute approximate surface area is 610 Å². The van der Waals surface area contributed by atoms with E-state index in [9.17, 15) is 0 Å². The number of hydrogen-bond donors (Lipinski definition) is 0. The summed E-state index contributed by atoms with van der Waals surface area (Å²) < 4.78 is 12.1. The number of benzene rings is 14. The van der Waals surface area contributed by atoms with Crippen LogP contribution >= 0.6 is 0 Å². The van der Waals surface area contributed by atoms with Crippen LogP contribution in [0.3, 0.4) is 0 Å². The minimum absolute atomic E-state index is 0.102. The zero-order valence-electron chi connectivity index (χ0n) is 60.0. The van der Waals surface area contributed by atoms with Gasteiger partial charge in [-0.3, -0.25) is 0 Å². The van der Waals surface area contributed by atoms with Crippen molar-refractivity contribution < 1.29 is 9.47 Å². The van der Waals surface area contributed by atoms with Gasteiger partial charge in [-0.05, 0) is 224 Å². The van der Waals surface area contributed by atoms with E-state index in [-0.39, 0.29) is 5.41 Å². The van der Waals surface area contributed by atoms with E-state index in [1.165, 1.54) is 168 Å². The Morgan fingerprint density at radius 2 is 0.563 bits per heavy atom. The van der Waals surface area contributed by atoms with Gasteiger partial charge in [-0.25, -0.2) is 0 Å². The summed E-state index contributed by atoms with van der Waals surface area (Å²) in [6.45, 7) is 6.97. The third kappa shape index (κ3) is 12.0. The fourth-order valence-corrected chi connectivity index (χ4v) is 17.6. The Balaban J connectivity index is 0.994. The van der Waals surface area contributed by atoms with Gasteiger partial charge in [0.15, 0.2) is 0 Å². The molecule has 0 aliphatic heterocycles. The Kier molecular flexibility index (Phi) is 18.6. The van der Waals surface area contributed by atoms with Crippen LogP contribution in [0.25, 0.3) is 122 Å². The molecule has 0 spiro atoms. The Morgan fingerprint density at radius 3 is 0.990 bits per heavy atom. The number of ether oxygens (including phenoxy) is 2. The summed E-state index contributed by atoms with van der Waals surface area (Å²) in [6.07, 6.45) is 12.1. The molecule has 0 amide bonds. The molecule has 0 bridgehead atoms. The molecule has 14 aromatic carbocycles. The maximum Gasteiger partial charge on any atom is 0.118 e. The molecule has 504 valence electrons. The quantitative estimate of drug-likeness (QED) is 0.0594. The maximum absolute atomic E-state index is 6.03. The van der Waals surface area contributed by atoms with E-state index in [1.807, 2.05) is 0 Å². The van der Waals surface area contributed by atoms with E-state index in [4.69, 9.17) is 9.47 Å². The topological polar surface area (TPSA) is 18.5 Å². The molecule has 0 atom stereocenters. The van der Waals surface area contributed by atoms with Crippen LogP contribution in [0.5, 0.6) is 11.5 Å². The first-order chi connectivity index (χ1) is 50.8. The molecule has 103 heavy (non-hydrogen) atoms. The molecule has 2 heteroatoms. The zero-order valence-corrected chi connectivity index (χ0v) is 60.0. The van der Waals surface area contributed by atoms with Crippen molar-refractivity contribution in [3.05, 3.63) is 360 Å². The number of fused-ring (bicyclic) bond motifs is 6. The van der Waals surface area contributed by atoms with E-state index in [1.54, 1.807) is 14.2 Å². The minimum Gasteiger partial charge on any atom is -0.497 e. The molecule has 0 unspecified atom stereocenters. The highest BCUT2D eigenvalue weighted by atomic mass is 16.5. The van der Waals surface area contributed by atoms with Crippen molar-refractivity contribution in [1.82, 2.24) is 0 Å². The van der Waals surface area contributed by atoms with Crippen LogP contribution < -0.4 is 9.47 Å². The zero-order chi connectivity index (χ0) is 69.9. The van der Waals surface area contributed by atoms with Gasteiger partial charge in [-0.1, -0.05) is 344 Å². The van der Waals surface area contributed by atoms with Crippen molar-refractivity contribution in [3.63, 3.8) is 0 Å². The second-order valence-electron chi connectivity index (χ2n) is 28.4. The highest BCUT2D eigenvalue weighted by Crippen LogP contribution is 2.62. The summed E-state index contributed by atoms with van der Waals surface area (Å²) in [7, 11) is 3.52. The molecule has 0 radical (unpaired) electrons. The lowest BCUT2D eigenvalue weighted by Gasteiger charge is -2.35. The molecule has 2 aliphatic rings. The molecule has 14 aromatic rings. The van der Waals surface area contributed by atoms with Gasteiger partial charge in [-0.2, -0.15) is 0 Å². The third-order valence-electron chi connectivity index (χ3n) is 22.5. The maximum atomic E-state index is 6.03. The van der Waals surface area contributed by atoms with Crippen molar-refractivity contribution in [2.75, 3.05) is 14.2 Å². The Bertz CT molecular complexity index is 5270. The smallest absolute Gasteiger partial charge is 0.118 e. The molecule has 0 heterocycles. The summed E-state index contributed by atoms with van der Waals surface area (Å²) in [6, 6.07) is 121. The van der Waals surface area contributed by atoms with Gasteiger partial charge in [0.1, 0.15) is 11.5 Å². The molecule has 0 aromatic heterocycles. The fourth-order valence-electron chi connectivity index (χ4n) is 17.6. The predicted octanol–water partition coefficient (Wildman–Crippen LogP) is 27.6. The average Bonchev–Trinajstić information content (AvgIpc) is 1.56. The van der Waals surface area contributed by atoms with Gasteiger partial charge >= 0.3 is 0 Å². The first kappa shape index (κ1) is 66.2. The molecule has 16 rings (SSSR count). The molecule has 2 aliphatic carbocycles. The van der Waals surface area contributed by atoms with E-state index in [0.29, 0.717) is 0 Å². The summed E-state index contributed by atoms with van der Waals surface area (Å²) in [5.74, 6) is 1.60. The second kappa shape index (κ2) is 29.0. The van der Waals surface area contributed by atoms with E-state index < -0.39 is 5.41 Å². The number of hydrogen-bond acceptors (Lipinski definition) is 2. The SMILES string of the molecule is CCCCCCC1(CCCCCC)c2cc(C)ccc2-c2ccc(-c3cc(-c4ccccc4)c(-c4ccc5c(c4)C(c4ccc(OC)cc4)(c4ccc(OC)cc4)c4cc(-c6c(-c7ccccc7)ccc(-c7ccccc7)c6-c6ccccc6)ccc4-5)c(-c4ccccc4)c3-c3ccccc3)cc21. The van der Waals surface area contributed by atoms with Crippen LogP contribution in [-0.2, 0) is 10.8 Å². The van der Waals surface area contributed by atoms with E-state index >= 15 is 0 Å². The van der Waals surface area contributed by atoms with Crippen LogP contribution in [-0.4, -0.2) is 14.2 Å². The summed E-state index contributed by atoms with van der Waals surface area (Å²) in [4.78, 5) is 0. The van der Waals surface area contributed by atoms with Gasteiger partial charge in [0.25, 0.3) is 0 Å². The van der Waals surface area contributed by atoms with Crippen molar-refractivity contribution in [2.45, 2.75) is 95.8 Å². The van der Waals surface area contributed by atoms with Gasteiger partial charge in [0.2, 0.25) is 0 Å². The average molecular weight is 1330 g/mol. The highest BCUT2D eigenvalue weighted by Gasteiger charge is 2.48. The summed E-state index contributed by atoms with van der Waals surface area (Å²) in [5, 5.41) is 0. The first-order valence-corrected chi connectivity index (χ1v) is 37.4. The largest absolute Gasteiger partial charge is 0.497 e. The molecule has 0 fully saturated rings. The van der Waals surface area contributed by atoms with Crippen LogP contribution in [0.4, 0.5) is 0 Å². The van der Waals surface area contributed by atoms with Crippen LogP contribution in [0.2, 0.25) is 0 Å². The third-order valence-corrected chi connectivity index (χ3v) is 22.5. The molecule has 0 N–H and O–H groups in total. The molecule has 0 saturated heterocycles. The predicted molar refractivity (Wildman–Crippen MR) is 434 cm³/mol. The van der Waals surface area contributed by atoms with Crippen LogP contribution in [0.1, 0.15) is 117 Å². The number of methoxy groups -OCH3 is 2. The molecular formula is C101H88O2. The van der Waals surface area contributed by atoms with Crippen molar-refractivity contribution in [3.8, 4) is 134 Å². The first-order valence-electron chi connectivity index (χ1n) is 37.4. The minimum atomic E-state index is -0.881. The summed E-state index contributed by atoms with van der Waals surface area (Å²) >= 11 is 0. The summed E-state index contributed by atoms with van der Waals surface area (Å²) in [5.41, 5.74) is 34.4. The van der Waals surface area contributed by atoms with Gasteiger partial charge in [-0.15, -0.1) is 0 Å². The lowest BCUT2D eigenvalue weighted by atomic mass is 9.66. The van der Waals surface area contributed by atoms with Crippen molar-refractivity contribution in [2.24, 2.45) is 0 Å². The fraction of sp³-hybridized carbons (Fsp3) is 0.168. The number of unbranched alkanes of at least 4 members (excludes halogenated alkanes) is 6. The Hall–Kier alpha value is -11.3. The lowest BCUT2D eigenvalue weighted by Crippen LogP contribution is -2.28. The van der Waals surface area contributed by atoms with Crippen molar-refractivity contribution >= 4 is 0 Å². The number of aryl methyl sites for hydroxylation is 1. The standard InChI is InChI=1S/C101H88O2/c1-6-8-10-30-62-100(63-31-11-9-7-2)91-64-69(3)44-56-85(91)86-57-45-76(65-92(86)100)90-68-89(72-36-22-14-23-37-72)98(99(75-42-28-17-29-43-75)96(90)74-40-26-16-27-41-74)78-47-59-88-87-58-46-77(66-93(87)101(94(88)67-78,79-48-52-81(102-4)53-49-79)80-50-54-82(103-5)55-51-80)97-84(71-34-20-13-21-35-71)61-60-83(70-32-18-12-19-33-70)95(97)73-38-24-15-25-39-73/h12-29,32-61,64-68H,6-11,30-31,62-63H2,1-5H3. The molecule has 2 nitrogen and oxygen atoms in total. The molecule has 0 saturated carbocycles. The van der Waals surface area contributed by atoms with Gasteiger partial charge in [0, 0.05) is 5.41 Å². The van der Waals surface area contributed by atoms with Gasteiger partial charge in [0.05, 0.1) is 19.6 Å². The highest BCUT2D eigenvalue weighted by molar-refractivity contribution is 6.09. The normalized spacial score (nSPS) is 12.9. The number of rotatable bonds is 23. The van der Waals surface area contributed by atoms with Gasteiger partial charge < -0.3 is 9.47 Å².